The summed E-state index contributed by atoms with van der Waals surface area (Å²) in [6.07, 6.45) is 4.75. The SMILES string of the molecule is CCOC(=O)c1cc2cc(NC(=O)CCCn3cccn3)ccc2s1. The molecular weight excluding hydrogens is 338 g/mol. The number of aromatic nitrogens is 2. The van der Waals surface area contributed by atoms with Gasteiger partial charge in [-0.15, -0.1) is 11.3 Å². The van der Waals surface area contributed by atoms with Gasteiger partial charge in [0.1, 0.15) is 4.88 Å². The Morgan fingerprint density at radius 3 is 2.96 bits per heavy atom. The number of rotatable bonds is 7. The number of ether oxygens (including phenoxy) is 1. The highest BCUT2D eigenvalue weighted by Crippen LogP contribution is 2.28. The van der Waals surface area contributed by atoms with Crippen molar-refractivity contribution in [3.05, 3.63) is 47.6 Å². The summed E-state index contributed by atoms with van der Waals surface area (Å²) in [4.78, 5) is 24.4. The average Bonchev–Trinajstić information content (AvgIpc) is 3.24. The maximum absolute atomic E-state index is 12.1. The van der Waals surface area contributed by atoms with Gasteiger partial charge < -0.3 is 10.1 Å². The predicted molar refractivity (Wildman–Crippen MR) is 97.9 cm³/mol. The average molecular weight is 357 g/mol. The van der Waals surface area contributed by atoms with Crippen LogP contribution in [0.25, 0.3) is 10.1 Å². The molecule has 3 aromatic rings. The first-order valence-corrected chi connectivity index (χ1v) is 8.95. The molecule has 0 saturated heterocycles. The number of thiophene rings is 1. The van der Waals surface area contributed by atoms with Gasteiger partial charge in [-0.2, -0.15) is 5.10 Å². The van der Waals surface area contributed by atoms with Gasteiger partial charge in [-0.1, -0.05) is 0 Å². The van der Waals surface area contributed by atoms with Crippen LogP contribution in [0.5, 0.6) is 0 Å². The maximum Gasteiger partial charge on any atom is 0.348 e. The topological polar surface area (TPSA) is 73.2 Å². The monoisotopic (exact) mass is 357 g/mol. The van der Waals surface area contributed by atoms with Crippen molar-refractivity contribution in [3.63, 3.8) is 0 Å². The van der Waals surface area contributed by atoms with Crippen molar-refractivity contribution < 1.29 is 14.3 Å². The number of nitrogens with zero attached hydrogens (tertiary/aromatic N) is 2. The van der Waals surface area contributed by atoms with Crippen LogP contribution in [0.15, 0.2) is 42.7 Å². The Hall–Kier alpha value is -2.67. The van der Waals surface area contributed by atoms with Crippen molar-refractivity contribution in [1.82, 2.24) is 9.78 Å². The molecule has 1 amide bonds. The normalized spacial score (nSPS) is 10.8. The molecule has 25 heavy (non-hydrogen) atoms. The molecule has 2 heterocycles. The number of carbonyl (C=O) groups is 2. The number of fused-ring (bicyclic) bond motifs is 1. The molecule has 1 N–H and O–H groups in total. The Bertz CT molecular complexity index is 871. The summed E-state index contributed by atoms with van der Waals surface area (Å²) in [7, 11) is 0. The number of esters is 1. The van der Waals surface area contributed by atoms with Crippen LogP contribution >= 0.6 is 11.3 Å². The van der Waals surface area contributed by atoms with E-state index in [0.717, 1.165) is 22.2 Å². The summed E-state index contributed by atoms with van der Waals surface area (Å²) in [5.41, 5.74) is 0.727. The number of aryl methyl sites for hydroxylation is 1. The highest BCUT2D eigenvalue weighted by molar-refractivity contribution is 7.20. The molecule has 0 fully saturated rings. The molecule has 0 radical (unpaired) electrons. The number of hydrogen-bond acceptors (Lipinski definition) is 5. The summed E-state index contributed by atoms with van der Waals surface area (Å²) >= 11 is 1.39. The quantitative estimate of drug-likeness (QED) is 0.655. The van der Waals surface area contributed by atoms with Gasteiger partial charge in [0.25, 0.3) is 0 Å². The van der Waals surface area contributed by atoms with Gasteiger partial charge in [0.15, 0.2) is 0 Å². The highest BCUT2D eigenvalue weighted by Gasteiger charge is 2.12. The van der Waals surface area contributed by atoms with E-state index in [0.29, 0.717) is 24.4 Å². The molecule has 0 atom stereocenters. The Balaban J connectivity index is 1.59. The number of hydrogen-bond donors (Lipinski definition) is 1. The van der Waals surface area contributed by atoms with E-state index in [-0.39, 0.29) is 11.9 Å². The van der Waals surface area contributed by atoms with Gasteiger partial charge in [0, 0.05) is 35.7 Å². The minimum atomic E-state index is -0.312. The van der Waals surface area contributed by atoms with Crippen molar-refractivity contribution >= 4 is 39.0 Å². The van der Waals surface area contributed by atoms with Gasteiger partial charge in [-0.25, -0.2) is 4.79 Å². The zero-order valence-corrected chi connectivity index (χ0v) is 14.7. The summed E-state index contributed by atoms with van der Waals surface area (Å²) in [6.45, 7) is 2.85. The lowest BCUT2D eigenvalue weighted by atomic mass is 10.2. The van der Waals surface area contributed by atoms with E-state index >= 15 is 0 Å². The van der Waals surface area contributed by atoms with Crippen molar-refractivity contribution in [2.24, 2.45) is 0 Å². The Kier molecular flexibility index (Phi) is 5.45. The number of anilines is 1. The van der Waals surface area contributed by atoms with Crippen LogP contribution in [-0.4, -0.2) is 28.3 Å². The largest absolute Gasteiger partial charge is 0.462 e. The van der Waals surface area contributed by atoms with Crippen molar-refractivity contribution in [2.75, 3.05) is 11.9 Å². The van der Waals surface area contributed by atoms with Gasteiger partial charge in [-0.3, -0.25) is 9.48 Å². The van der Waals surface area contributed by atoms with Crippen molar-refractivity contribution in [3.8, 4) is 0 Å². The molecule has 0 aliphatic rings. The van der Waals surface area contributed by atoms with Crippen LogP contribution in [0.1, 0.15) is 29.4 Å². The van der Waals surface area contributed by atoms with Gasteiger partial charge in [-0.05, 0) is 49.1 Å². The standard InChI is InChI=1S/C18H19N3O3S/c1-2-24-18(23)16-12-13-11-14(6-7-15(13)25-16)20-17(22)5-3-9-21-10-4-8-19-21/h4,6-8,10-12H,2-3,5,9H2,1H3,(H,20,22). The molecule has 1 aromatic carbocycles. The zero-order chi connectivity index (χ0) is 17.6. The van der Waals surface area contributed by atoms with Crippen molar-refractivity contribution in [2.45, 2.75) is 26.3 Å². The third-order valence-corrected chi connectivity index (χ3v) is 4.72. The Morgan fingerprint density at radius 1 is 1.32 bits per heavy atom. The van der Waals surface area contributed by atoms with E-state index in [4.69, 9.17) is 4.74 Å². The molecule has 0 unspecified atom stereocenters. The molecule has 0 aliphatic heterocycles. The number of amides is 1. The van der Waals surface area contributed by atoms with E-state index in [1.807, 2.05) is 35.1 Å². The number of benzene rings is 1. The Labute approximate surface area is 149 Å². The minimum absolute atomic E-state index is 0.0349. The predicted octanol–water partition coefficient (Wildman–Crippen LogP) is 3.69. The van der Waals surface area contributed by atoms with Gasteiger partial charge in [0.05, 0.1) is 6.61 Å². The molecule has 130 valence electrons. The number of carbonyl (C=O) groups excluding carboxylic acids is 2. The van der Waals surface area contributed by atoms with Crippen LogP contribution in [0.4, 0.5) is 5.69 Å². The molecule has 0 bridgehead atoms. The molecular formula is C18H19N3O3S. The summed E-state index contributed by atoms with van der Waals surface area (Å²) in [5, 5.41) is 7.93. The fraction of sp³-hybridized carbons (Fsp3) is 0.278. The molecule has 0 aliphatic carbocycles. The number of nitrogens with one attached hydrogen (secondary N) is 1. The second-order valence-electron chi connectivity index (χ2n) is 5.50. The third-order valence-electron chi connectivity index (χ3n) is 3.63. The van der Waals surface area contributed by atoms with E-state index in [1.165, 1.54) is 11.3 Å². The molecule has 7 heteroatoms. The van der Waals surface area contributed by atoms with Crippen LogP contribution in [0.2, 0.25) is 0 Å². The molecule has 3 rings (SSSR count). The Morgan fingerprint density at radius 2 is 2.20 bits per heavy atom. The fourth-order valence-electron chi connectivity index (χ4n) is 2.48. The maximum atomic E-state index is 12.1. The molecule has 6 nitrogen and oxygen atoms in total. The lowest BCUT2D eigenvalue weighted by Crippen LogP contribution is -2.12. The smallest absolute Gasteiger partial charge is 0.348 e. The molecule has 0 saturated carbocycles. The molecule has 0 spiro atoms. The second kappa shape index (κ2) is 7.94. The summed E-state index contributed by atoms with van der Waals surface area (Å²) < 4.78 is 7.81. The van der Waals surface area contributed by atoms with Crippen molar-refractivity contribution in [1.29, 1.82) is 0 Å². The van der Waals surface area contributed by atoms with E-state index in [9.17, 15) is 9.59 Å². The minimum Gasteiger partial charge on any atom is -0.462 e. The van der Waals surface area contributed by atoms with Crippen LogP contribution in [-0.2, 0) is 16.1 Å². The molecule has 2 aromatic heterocycles. The van der Waals surface area contributed by atoms with Gasteiger partial charge in [0.2, 0.25) is 5.91 Å². The van der Waals surface area contributed by atoms with Gasteiger partial charge >= 0.3 is 5.97 Å². The third kappa shape index (κ3) is 4.45. The van der Waals surface area contributed by atoms with E-state index < -0.39 is 0 Å². The van der Waals surface area contributed by atoms with Crippen LogP contribution in [0, 0.1) is 0 Å². The van der Waals surface area contributed by atoms with Crippen LogP contribution < -0.4 is 5.32 Å². The first-order chi connectivity index (χ1) is 12.2. The summed E-state index contributed by atoms with van der Waals surface area (Å²) in [6, 6.07) is 9.28. The lowest BCUT2D eigenvalue weighted by molar-refractivity contribution is -0.116. The van der Waals surface area contributed by atoms with Crippen LogP contribution in [0.3, 0.4) is 0 Å². The second-order valence-corrected chi connectivity index (χ2v) is 6.59. The first-order valence-electron chi connectivity index (χ1n) is 8.13. The fourth-order valence-corrected chi connectivity index (χ4v) is 3.42. The van der Waals surface area contributed by atoms with E-state index in [1.54, 1.807) is 19.2 Å². The highest BCUT2D eigenvalue weighted by atomic mass is 32.1. The first kappa shape index (κ1) is 17.2. The zero-order valence-electron chi connectivity index (χ0n) is 13.9. The lowest BCUT2D eigenvalue weighted by Gasteiger charge is -2.05. The summed E-state index contributed by atoms with van der Waals surface area (Å²) in [5.74, 6) is -0.347. The van der Waals surface area contributed by atoms with E-state index in [2.05, 4.69) is 10.4 Å².